The van der Waals surface area contributed by atoms with E-state index in [9.17, 15) is 0 Å². The number of nitrogens with zero attached hydrogens (tertiary/aromatic N) is 1. The van der Waals surface area contributed by atoms with Crippen LogP contribution in [-0.4, -0.2) is 35.1 Å². The molecular formula is C20H31NO3Si. The molecule has 1 aromatic heterocycles. The second kappa shape index (κ2) is 10.7. The number of rotatable bonds is 12. The van der Waals surface area contributed by atoms with Crippen LogP contribution in [-0.2, 0) is 19.7 Å². The first-order chi connectivity index (χ1) is 12.2. The van der Waals surface area contributed by atoms with E-state index < -0.39 is 8.80 Å². The quantitative estimate of drug-likeness (QED) is 0.394. The molecule has 0 bridgehead atoms. The van der Waals surface area contributed by atoms with Gasteiger partial charge in [0.2, 0.25) is 0 Å². The molecular weight excluding hydrogens is 330 g/mol. The lowest BCUT2D eigenvalue weighted by Crippen LogP contribution is -2.42. The lowest BCUT2D eigenvalue weighted by atomic mass is 10.1. The minimum atomic E-state index is -2.37. The van der Waals surface area contributed by atoms with Crippen molar-refractivity contribution in [1.82, 2.24) is 4.98 Å². The molecule has 0 aliphatic rings. The first-order valence-corrected chi connectivity index (χ1v) is 11.2. The molecule has 0 saturated carbocycles. The third-order valence-corrected chi connectivity index (χ3v) is 7.59. The van der Waals surface area contributed by atoms with Gasteiger partial charge in [0.1, 0.15) is 0 Å². The Balaban J connectivity index is 1.58. The van der Waals surface area contributed by atoms with Crippen molar-refractivity contribution in [3.63, 3.8) is 0 Å². The van der Waals surface area contributed by atoms with Crippen LogP contribution in [0.5, 0.6) is 0 Å². The van der Waals surface area contributed by atoms with Gasteiger partial charge in [0, 0.05) is 38.5 Å². The van der Waals surface area contributed by atoms with Gasteiger partial charge >= 0.3 is 8.80 Å². The average molecular weight is 362 g/mol. The Morgan fingerprint density at radius 3 is 2.12 bits per heavy atom. The van der Waals surface area contributed by atoms with E-state index in [-0.39, 0.29) is 0 Å². The molecule has 0 aliphatic heterocycles. The van der Waals surface area contributed by atoms with Gasteiger partial charge in [-0.2, -0.15) is 0 Å². The van der Waals surface area contributed by atoms with Gasteiger partial charge in [0.05, 0.1) is 5.52 Å². The summed E-state index contributed by atoms with van der Waals surface area (Å²) in [6, 6.07) is 13.5. The zero-order chi connectivity index (χ0) is 18.0. The number of aryl methyl sites for hydroxylation is 1. The second-order valence-electron chi connectivity index (χ2n) is 6.41. The highest BCUT2D eigenvalue weighted by molar-refractivity contribution is 6.60. The molecule has 0 saturated heterocycles. The smallest absolute Gasteiger partial charge is 0.377 e. The van der Waals surface area contributed by atoms with E-state index in [1.807, 2.05) is 6.07 Å². The Hall–Kier alpha value is -1.27. The first kappa shape index (κ1) is 20.0. The van der Waals surface area contributed by atoms with Crippen LogP contribution in [0.3, 0.4) is 0 Å². The van der Waals surface area contributed by atoms with Gasteiger partial charge in [-0.15, -0.1) is 0 Å². The highest BCUT2D eigenvalue weighted by atomic mass is 28.4. The van der Waals surface area contributed by atoms with Crippen LogP contribution >= 0.6 is 0 Å². The largest absolute Gasteiger partial charge is 0.500 e. The lowest BCUT2D eigenvalue weighted by molar-refractivity contribution is 0.122. The number of hydrogen-bond acceptors (Lipinski definition) is 4. The van der Waals surface area contributed by atoms with Crippen molar-refractivity contribution < 1.29 is 13.3 Å². The van der Waals surface area contributed by atoms with Crippen LogP contribution in [0.15, 0.2) is 36.4 Å². The molecule has 0 N–H and O–H groups in total. The first-order valence-electron chi connectivity index (χ1n) is 9.23. The van der Waals surface area contributed by atoms with Gasteiger partial charge in [-0.05, 0) is 31.4 Å². The Bertz CT molecular complexity index is 623. The van der Waals surface area contributed by atoms with E-state index in [1.54, 1.807) is 21.3 Å². The standard InChI is InChI=1S/C20H31NO3Si/c1-22-25(23-2,24-3)17-11-7-5-4-6-8-13-19-16-15-18-12-9-10-14-20(18)21-19/h9-10,12,14-16H,4-8,11,13,17H2,1-3H3. The summed E-state index contributed by atoms with van der Waals surface area (Å²) in [6.07, 6.45) is 8.38. The van der Waals surface area contributed by atoms with E-state index in [0.29, 0.717) is 0 Å². The van der Waals surface area contributed by atoms with Crippen molar-refractivity contribution in [3.8, 4) is 0 Å². The molecule has 0 spiro atoms. The maximum atomic E-state index is 5.45. The van der Waals surface area contributed by atoms with Gasteiger partial charge in [0.25, 0.3) is 0 Å². The molecule has 2 aromatic rings. The van der Waals surface area contributed by atoms with Crippen LogP contribution in [0.4, 0.5) is 0 Å². The molecule has 2 rings (SSSR count). The molecule has 4 nitrogen and oxygen atoms in total. The van der Waals surface area contributed by atoms with Crippen LogP contribution in [0.25, 0.3) is 10.9 Å². The summed E-state index contributed by atoms with van der Waals surface area (Å²) in [5.41, 5.74) is 2.30. The summed E-state index contributed by atoms with van der Waals surface area (Å²) in [7, 11) is 2.67. The number of unbranched alkanes of at least 4 members (excludes halogenated alkanes) is 5. The van der Waals surface area contributed by atoms with E-state index in [2.05, 4.69) is 30.3 Å². The molecule has 0 atom stereocenters. The number of hydrogen-bond donors (Lipinski definition) is 0. The second-order valence-corrected chi connectivity index (χ2v) is 9.50. The summed E-state index contributed by atoms with van der Waals surface area (Å²) >= 11 is 0. The predicted molar refractivity (Wildman–Crippen MR) is 105 cm³/mol. The van der Waals surface area contributed by atoms with Gasteiger partial charge in [-0.1, -0.05) is 49.9 Å². The topological polar surface area (TPSA) is 40.6 Å². The SMILES string of the molecule is CO[Si](CCCCCCCCc1ccc2ccccc2n1)(OC)OC. The van der Waals surface area contributed by atoms with E-state index in [4.69, 9.17) is 18.3 Å². The summed E-state index contributed by atoms with van der Waals surface area (Å²) < 4.78 is 16.3. The van der Waals surface area contributed by atoms with Crippen LogP contribution in [0, 0.1) is 0 Å². The normalized spacial score (nSPS) is 12.0. The Morgan fingerprint density at radius 1 is 0.760 bits per heavy atom. The Morgan fingerprint density at radius 2 is 1.40 bits per heavy atom. The molecule has 1 heterocycles. The van der Waals surface area contributed by atoms with E-state index in [1.165, 1.54) is 43.2 Å². The Labute approximate surface area is 152 Å². The zero-order valence-corrected chi connectivity index (χ0v) is 16.8. The summed E-state index contributed by atoms with van der Waals surface area (Å²) in [4.78, 5) is 4.74. The van der Waals surface area contributed by atoms with Crippen molar-refractivity contribution in [2.24, 2.45) is 0 Å². The Kier molecular flexibility index (Phi) is 8.55. The van der Waals surface area contributed by atoms with E-state index in [0.717, 1.165) is 24.4 Å². The molecule has 0 fully saturated rings. The third-order valence-electron chi connectivity index (χ3n) is 4.75. The molecule has 25 heavy (non-hydrogen) atoms. The zero-order valence-electron chi connectivity index (χ0n) is 15.8. The maximum absolute atomic E-state index is 5.45. The van der Waals surface area contributed by atoms with Gasteiger partial charge < -0.3 is 13.3 Å². The number of aromatic nitrogens is 1. The van der Waals surface area contributed by atoms with Crippen LogP contribution < -0.4 is 0 Å². The van der Waals surface area contributed by atoms with Gasteiger partial charge in [-0.25, -0.2) is 0 Å². The molecule has 0 amide bonds. The van der Waals surface area contributed by atoms with Crippen molar-refractivity contribution in [2.45, 2.75) is 51.0 Å². The fourth-order valence-corrected chi connectivity index (χ4v) is 4.95. The summed E-state index contributed by atoms with van der Waals surface area (Å²) in [5.74, 6) is 0. The molecule has 0 radical (unpaired) electrons. The maximum Gasteiger partial charge on any atom is 0.500 e. The minimum Gasteiger partial charge on any atom is -0.377 e. The van der Waals surface area contributed by atoms with Crippen molar-refractivity contribution >= 4 is 19.7 Å². The monoisotopic (exact) mass is 361 g/mol. The number of fused-ring (bicyclic) bond motifs is 1. The molecule has 138 valence electrons. The molecule has 0 aliphatic carbocycles. The summed E-state index contributed by atoms with van der Waals surface area (Å²) in [5, 5.41) is 1.22. The van der Waals surface area contributed by atoms with E-state index >= 15 is 0 Å². The van der Waals surface area contributed by atoms with Crippen LogP contribution in [0.2, 0.25) is 6.04 Å². The van der Waals surface area contributed by atoms with Crippen molar-refractivity contribution in [1.29, 1.82) is 0 Å². The minimum absolute atomic E-state index is 0.900. The van der Waals surface area contributed by atoms with Crippen molar-refractivity contribution in [2.75, 3.05) is 21.3 Å². The van der Waals surface area contributed by atoms with Gasteiger partial charge in [0.15, 0.2) is 0 Å². The predicted octanol–water partition coefficient (Wildman–Crippen LogP) is 5.00. The van der Waals surface area contributed by atoms with Crippen molar-refractivity contribution in [3.05, 3.63) is 42.1 Å². The highest BCUT2D eigenvalue weighted by Crippen LogP contribution is 2.18. The lowest BCUT2D eigenvalue weighted by Gasteiger charge is -2.24. The number of benzene rings is 1. The third kappa shape index (κ3) is 6.19. The van der Waals surface area contributed by atoms with Gasteiger partial charge in [-0.3, -0.25) is 4.98 Å². The molecule has 5 heteroatoms. The fraction of sp³-hybridized carbons (Fsp3) is 0.550. The number of pyridine rings is 1. The van der Waals surface area contributed by atoms with Crippen LogP contribution in [0.1, 0.15) is 44.2 Å². The molecule has 0 unspecified atom stereocenters. The summed E-state index contributed by atoms with van der Waals surface area (Å²) in [6.45, 7) is 0. The average Bonchev–Trinajstić information content (AvgIpc) is 2.67. The number of para-hydroxylation sites is 1. The highest BCUT2D eigenvalue weighted by Gasteiger charge is 2.36. The fourth-order valence-electron chi connectivity index (χ4n) is 3.16. The molecule has 1 aromatic carbocycles.